The highest BCUT2D eigenvalue weighted by molar-refractivity contribution is 5.76. The van der Waals surface area contributed by atoms with Gasteiger partial charge in [0.15, 0.2) is 0 Å². The average Bonchev–Trinajstić information content (AvgIpc) is 2.70. The highest BCUT2D eigenvalue weighted by Crippen LogP contribution is 2.34. The fourth-order valence-corrected chi connectivity index (χ4v) is 0.858. The van der Waals surface area contributed by atoms with Crippen LogP contribution in [0.15, 0.2) is 0 Å². The van der Waals surface area contributed by atoms with E-state index in [4.69, 9.17) is 5.11 Å². The lowest BCUT2D eigenvalue weighted by atomic mass is 10.3. The van der Waals surface area contributed by atoms with Gasteiger partial charge in [0.25, 0.3) is 0 Å². The maximum atomic E-state index is 10.8. The van der Waals surface area contributed by atoms with E-state index in [-0.39, 0.29) is 18.1 Å². The third kappa shape index (κ3) is 1.48. The molecule has 1 fully saturated rings. The maximum absolute atomic E-state index is 10.8. The first-order valence-electron chi connectivity index (χ1n) is 3.64. The van der Waals surface area contributed by atoms with Gasteiger partial charge < -0.3 is 10.4 Å². The molecule has 0 radical (unpaired) electrons. The van der Waals surface area contributed by atoms with Gasteiger partial charge in [0.05, 0.1) is 12.1 Å². The van der Waals surface area contributed by atoms with E-state index >= 15 is 0 Å². The topological polar surface area (TPSA) is 49.3 Å². The number of aliphatic hydroxyl groups is 1. The molecule has 58 valence electrons. The van der Waals surface area contributed by atoms with Crippen LogP contribution in [-0.4, -0.2) is 23.2 Å². The summed E-state index contributed by atoms with van der Waals surface area (Å²) in [5.74, 6) is 0.0338. The second kappa shape index (κ2) is 2.58. The molecule has 3 heteroatoms. The largest absolute Gasteiger partial charge is 0.394 e. The van der Waals surface area contributed by atoms with Crippen molar-refractivity contribution in [2.45, 2.75) is 31.7 Å². The third-order valence-electron chi connectivity index (χ3n) is 1.88. The van der Waals surface area contributed by atoms with Crippen molar-refractivity contribution in [2.24, 2.45) is 0 Å². The summed E-state index contributed by atoms with van der Waals surface area (Å²) in [4.78, 5) is 10.8. The van der Waals surface area contributed by atoms with E-state index in [1.165, 1.54) is 0 Å². The van der Waals surface area contributed by atoms with Gasteiger partial charge in [-0.1, -0.05) is 6.92 Å². The molecule has 1 saturated carbocycles. The lowest BCUT2D eigenvalue weighted by Gasteiger charge is -2.12. The Morgan fingerprint density at radius 2 is 2.30 bits per heavy atom. The Bertz CT molecular complexity index is 141. The van der Waals surface area contributed by atoms with Crippen LogP contribution < -0.4 is 5.32 Å². The van der Waals surface area contributed by atoms with E-state index in [0.717, 1.165) is 12.8 Å². The van der Waals surface area contributed by atoms with Crippen molar-refractivity contribution in [3.8, 4) is 0 Å². The molecule has 0 saturated heterocycles. The van der Waals surface area contributed by atoms with Gasteiger partial charge in [-0.05, 0) is 12.8 Å². The first kappa shape index (κ1) is 7.54. The fraction of sp³-hybridized carbons (Fsp3) is 0.857. The zero-order chi connectivity index (χ0) is 7.61. The Hall–Kier alpha value is -0.570. The summed E-state index contributed by atoms with van der Waals surface area (Å²) in [6, 6.07) is 0. The van der Waals surface area contributed by atoms with Crippen LogP contribution in [0.1, 0.15) is 26.2 Å². The van der Waals surface area contributed by atoms with Crippen molar-refractivity contribution < 1.29 is 9.90 Å². The van der Waals surface area contributed by atoms with Gasteiger partial charge in [-0.25, -0.2) is 0 Å². The summed E-state index contributed by atoms with van der Waals surface area (Å²) in [7, 11) is 0. The number of carbonyl (C=O) groups excluding carboxylic acids is 1. The first-order chi connectivity index (χ1) is 4.72. The number of aliphatic hydroxyl groups excluding tert-OH is 1. The van der Waals surface area contributed by atoms with Gasteiger partial charge >= 0.3 is 0 Å². The van der Waals surface area contributed by atoms with Crippen LogP contribution in [0.5, 0.6) is 0 Å². The molecule has 0 aromatic rings. The zero-order valence-electron chi connectivity index (χ0n) is 6.18. The highest BCUT2D eigenvalue weighted by atomic mass is 16.3. The minimum absolute atomic E-state index is 0.0338. The number of nitrogens with one attached hydrogen (secondary N) is 1. The lowest BCUT2D eigenvalue weighted by molar-refractivity contribution is -0.122. The summed E-state index contributed by atoms with van der Waals surface area (Å²) >= 11 is 0. The van der Waals surface area contributed by atoms with Crippen molar-refractivity contribution >= 4 is 5.91 Å². The average molecular weight is 143 g/mol. The molecular formula is C7H13NO2. The summed E-state index contributed by atoms with van der Waals surface area (Å²) in [6.07, 6.45) is 2.35. The molecule has 0 aromatic carbocycles. The van der Waals surface area contributed by atoms with Crippen molar-refractivity contribution in [2.75, 3.05) is 6.61 Å². The van der Waals surface area contributed by atoms with E-state index in [9.17, 15) is 4.79 Å². The number of hydrogen-bond donors (Lipinski definition) is 2. The van der Waals surface area contributed by atoms with E-state index in [1.807, 2.05) is 6.92 Å². The Balaban J connectivity index is 2.30. The van der Waals surface area contributed by atoms with E-state index in [0.29, 0.717) is 6.42 Å². The predicted molar refractivity (Wildman–Crippen MR) is 37.5 cm³/mol. The molecule has 10 heavy (non-hydrogen) atoms. The van der Waals surface area contributed by atoms with Gasteiger partial charge in [-0.15, -0.1) is 0 Å². The molecule has 1 aliphatic rings. The van der Waals surface area contributed by atoms with Crippen LogP contribution in [0, 0.1) is 0 Å². The van der Waals surface area contributed by atoms with Gasteiger partial charge in [0.1, 0.15) is 0 Å². The third-order valence-corrected chi connectivity index (χ3v) is 1.88. The predicted octanol–water partition coefficient (Wildman–Crippen LogP) is 0.0375. The second-order valence-electron chi connectivity index (χ2n) is 2.84. The first-order valence-corrected chi connectivity index (χ1v) is 3.64. The molecule has 3 nitrogen and oxygen atoms in total. The lowest BCUT2D eigenvalue weighted by Crippen LogP contribution is -2.39. The molecule has 1 rings (SSSR count). The Labute approximate surface area is 60.4 Å². The molecule has 0 aromatic heterocycles. The van der Waals surface area contributed by atoms with Crippen LogP contribution in [0.4, 0.5) is 0 Å². The number of amides is 1. The number of hydrogen-bond acceptors (Lipinski definition) is 2. The SMILES string of the molecule is CCC(=O)NC1(CO)CC1. The molecule has 0 bridgehead atoms. The van der Waals surface area contributed by atoms with Gasteiger partial charge in [0, 0.05) is 6.42 Å². The molecular weight excluding hydrogens is 130 g/mol. The van der Waals surface area contributed by atoms with Gasteiger partial charge in [-0.2, -0.15) is 0 Å². The summed E-state index contributed by atoms with van der Waals surface area (Å²) < 4.78 is 0. The summed E-state index contributed by atoms with van der Waals surface area (Å²) in [5.41, 5.74) is -0.229. The molecule has 0 spiro atoms. The van der Waals surface area contributed by atoms with Gasteiger partial charge in [0.2, 0.25) is 5.91 Å². The van der Waals surface area contributed by atoms with Gasteiger partial charge in [-0.3, -0.25) is 4.79 Å². The normalized spacial score (nSPS) is 20.2. The number of rotatable bonds is 3. The Morgan fingerprint density at radius 1 is 1.70 bits per heavy atom. The quantitative estimate of drug-likeness (QED) is 0.586. The van der Waals surface area contributed by atoms with E-state index in [1.54, 1.807) is 0 Å². The van der Waals surface area contributed by atoms with Crippen LogP contribution in [0.3, 0.4) is 0 Å². The molecule has 1 amide bonds. The monoisotopic (exact) mass is 143 g/mol. The molecule has 1 aliphatic carbocycles. The van der Waals surface area contributed by atoms with Crippen molar-refractivity contribution in [3.05, 3.63) is 0 Å². The van der Waals surface area contributed by atoms with Crippen LogP contribution in [0.2, 0.25) is 0 Å². The van der Waals surface area contributed by atoms with E-state index in [2.05, 4.69) is 5.32 Å². The Morgan fingerprint density at radius 3 is 2.60 bits per heavy atom. The van der Waals surface area contributed by atoms with Crippen molar-refractivity contribution in [1.82, 2.24) is 5.32 Å². The maximum Gasteiger partial charge on any atom is 0.220 e. The summed E-state index contributed by atoms with van der Waals surface area (Å²) in [6.45, 7) is 1.89. The van der Waals surface area contributed by atoms with Crippen LogP contribution >= 0.6 is 0 Å². The van der Waals surface area contributed by atoms with Crippen LogP contribution in [-0.2, 0) is 4.79 Å². The Kier molecular flexibility index (Phi) is 1.94. The number of carbonyl (C=O) groups is 1. The minimum Gasteiger partial charge on any atom is -0.394 e. The molecule has 0 atom stereocenters. The molecule has 2 N–H and O–H groups in total. The standard InChI is InChI=1S/C7H13NO2/c1-2-6(10)8-7(5-9)3-4-7/h9H,2-5H2,1H3,(H,8,10). The smallest absolute Gasteiger partial charge is 0.220 e. The van der Waals surface area contributed by atoms with Crippen molar-refractivity contribution in [3.63, 3.8) is 0 Å². The molecule has 0 heterocycles. The highest BCUT2D eigenvalue weighted by Gasteiger charge is 2.42. The molecule has 0 unspecified atom stereocenters. The summed E-state index contributed by atoms with van der Waals surface area (Å²) in [5, 5.41) is 11.6. The fourth-order valence-electron chi connectivity index (χ4n) is 0.858. The second-order valence-corrected chi connectivity index (χ2v) is 2.84. The molecule has 0 aliphatic heterocycles. The minimum atomic E-state index is -0.229. The van der Waals surface area contributed by atoms with Crippen molar-refractivity contribution in [1.29, 1.82) is 0 Å². The van der Waals surface area contributed by atoms with Crippen LogP contribution in [0.25, 0.3) is 0 Å². The van der Waals surface area contributed by atoms with E-state index < -0.39 is 0 Å². The zero-order valence-corrected chi connectivity index (χ0v) is 6.18.